The number of rotatable bonds is 29. The standard InChI is InChI=1S/C40H82NO3Si3/c1-13-14-15-16-17-18-19-20-21-22-23-24-25-26-28-38-29-31-39(32-30-38)35-41(4,5)36-40(2,3)37-42-33-27-34-47(12,43-45(6,7)8)44-46(9,10)11/h29-32H,13-28,33-37H2,1-12H3/q+1. The van der Waals surface area contributed by atoms with E-state index >= 15 is 0 Å². The zero-order chi connectivity index (χ0) is 35.5. The molecule has 0 amide bonds. The van der Waals surface area contributed by atoms with Crippen LogP contribution >= 0.6 is 0 Å². The third-order valence-corrected chi connectivity index (χ3v) is 18.4. The van der Waals surface area contributed by atoms with Gasteiger partial charge in [0.05, 0.1) is 27.2 Å². The van der Waals surface area contributed by atoms with Crippen molar-refractivity contribution >= 4 is 25.2 Å². The first-order valence-corrected chi connectivity index (χ1v) is 29.1. The van der Waals surface area contributed by atoms with Gasteiger partial charge in [-0.25, -0.2) is 0 Å². The van der Waals surface area contributed by atoms with E-state index in [9.17, 15) is 0 Å². The lowest BCUT2D eigenvalue weighted by atomic mass is 9.93. The second kappa shape index (κ2) is 22.5. The Kier molecular flexibility index (Phi) is 21.4. The van der Waals surface area contributed by atoms with Crippen molar-refractivity contribution in [3.05, 3.63) is 35.4 Å². The van der Waals surface area contributed by atoms with Crippen LogP contribution in [0.5, 0.6) is 0 Å². The van der Waals surface area contributed by atoms with Crippen molar-refractivity contribution in [2.24, 2.45) is 5.41 Å². The Hall–Kier alpha value is -0.289. The molecule has 0 spiro atoms. The lowest BCUT2D eigenvalue weighted by Gasteiger charge is -2.39. The van der Waals surface area contributed by atoms with Crippen LogP contribution in [0.25, 0.3) is 0 Å². The molecule has 0 radical (unpaired) electrons. The first-order chi connectivity index (χ1) is 21.8. The monoisotopic (exact) mass is 709 g/mol. The molecule has 47 heavy (non-hydrogen) atoms. The van der Waals surface area contributed by atoms with Gasteiger partial charge in [0.1, 0.15) is 6.54 Å². The quantitative estimate of drug-likeness (QED) is 0.0471. The van der Waals surface area contributed by atoms with Gasteiger partial charge < -0.3 is 17.5 Å². The van der Waals surface area contributed by atoms with Crippen LogP contribution in [-0.2, 0) is 25.9 Å². The number of hydrogen-bond donors (Lipinski definition) is 0. The first kappa shape index (κ1) is 44.7. The number of ether oxygens (including phenoxy) is 1. The fraction of sp³-hybridized carbons (Fsp3) is 0.850. The molecular formula is C40H82NO3Si3+. The summed E-state index contributed by atoms with van der Waals surface area (Å²) in [7, 11) is -0.772. The average Bonchev–Trinajstić information content (AvgIpc) is 2.91. The minimum absolute atomic E-state index is 0.113. The zero-order valence-corrected chi connectivity index (χ0v) is 36.8. The fourth-order valence-electron chi connectivity index (χ4n) is 7.35. The van der Waals surface area contributed by atoms with E-state index in [1.54, 1.807) is 0 Å². The molecule has 0 aliphatic rings. The molecule has 0 heterocycles. The van der Waals surface area contributed by atoms with E-state index in [0.717, 1.165) is 43.3 Å². The van der Waals surface area contributed by atoms with Crippen molar-refractivity contribution in [1.82, 2.24) is 0 Å². The molecule has 0 bridgehead atoms. The van der Waals surface area contributed by atoms with Crippen LogP contribution < -0.4 is 0 Å². The molecule has 0 unspecified atom stereocenters. The number of unbranched alkanes of at least 4 members (excludes halogenated alkanes) is 13. The summed E-state index contributed by atoms with van der Waals surface area (Å²) in [5.41, 5.74) is 3.05. The summed E-state index contributed by atoms with van der Waals surface area (Å²) in [6, 6.07) is 10.5. The normalized spacial score (nSPS) is 13.4. The molecule has 0 aliphatic carbocycles. The minimum Gasteiger partial charge on any atom is -0.437 e. The van der Waals surface area contributed by atoms with Crippen molar-refractivity contribution in [3.63, 3.8) is 0 Å². The number of benzene rings is 1. The largest absolute Gasteiger partial charge is 0.437 e. The lowest BCUT2D eigenvalue weighted by molar-refractivity contribution is -0.909. The number of hydrogen-bond acceptors (Lipinski definition) is 3. The lowest BCUT2D eigenvalue weighted by Crippen LogP contribution is -2.52. The minimum atomic E-state index is -2.19. The molecule has 1 rings (SSSR count). The molecule has 0 N–H and O–H groups in total. The first-order valence-electron chi connectivity index (χ1n) is 19.7. The predicted octanol–water partition coefficient (Wildman–Crippen LogP) is 12.5. The highest BCUT2D eigenvalue weighted by Gasteiger charge is 2.40. The van der Waals surface area contributed by atoms with Crippen LogP contribution in [0.1, 0.15) is 128 Å². The molecule has 276 valence electrons. The number of aryl methyl sites for hydroxylation is 1. The Morgan fingerprint density at radius 2 is 1.02 bits per heavy atom. The maximum absolute atomic E-state index is 6.67. The highest BCUT2D eigenvalue weighted by Crippen LogP contribution is 2.27. The highest BCUT2D eigenvalue weighted by molar-refractivity contribution is 6.87. The molecule has 0 fully saturated rings. The summed E-state index contributed by atoms with van der Waals surface area (Å²) in [6.45, 7) is 26.7. The van der Waals surface area contributed by atoms with Crippen molar-refractivity contribution in [1.29, 1.82) is 0 Å². The second-order valence-electron chi connectivity index (χ2n) is 18.3. The Bertz CT molecular complexity index is 906. The Balaban J connectivity index is 2.29. The van der Waals surface area contributed by atoms with Gasteiger partial charge in [-0.15, -0.1) is 0 Å². The SMILES string of the molecule is CCCCCCCCCCCCCCCCc1ccc(C[N+](C)(C)CC(C)(C)COCCC[Si](C)(O[Si](C)(C)C)O[Si](C)(C)C)cc1. The van der Waals surface area contributed by atoms with Crippen LogP contribution in [0.15, 0.2) is 24.3 Å². The van der Waals surface area contributed by atoms with E-state index in [1.807, 2.05) is 0 Å². The van der Waals surface area contributed by atoms with Gasteiger partial charge in [-0.1, -0.05) is 129 Å². The van der Waals surface area contributed by atoms with Gasteiger partial charge in [-0.05, 0) is 76.7 Å². The third-order valence-electron chi connectivity index (χ3n) is 8.77. The maximum Gasteiger partial charge on any atom is 0.314 e. The van der Waals surface area contributed by atoms with Crippen molar-refractivity contribution in [2.45, 2.75) is 182 Å². The smallest absolute Gasteiger partial charge is 0.314 e. The van der Waals surface area contributed by atoms with Crippen LogP contribution in [0, 0.1) is 5.41 Å². The van der Waals surface area contributed by atoms with E-state index in [2.05, 4.69) is 105 Å². The van der Waals surface area contributed by atoms with Crippen molar-refractivity contribution in [2.75, 3.05) is 33.9 Å². The summed E-state index contributed by atoms with van der Waals surface area (Å²) >= 11 is 0. The van der Waals surface area contributed by atoms with Gasteiger partial charge in [-0.2, -0.15) is 0 Å². The number of quaternary nitrogens is 1. The van der Waals surface area contributed by atoms with E-state index in [0.29, 0.717) is 0 Å². The zero-order valence-electron chi connectivity index (χ0n) is 33.8. The molecule has 1 aromatic rings. The molecule has 7 heteroatoms. The second-order valence-corrected chi connectivity index (χ2v) is 31.1. The predicted molar refractivity (Wildman–Crippen MR) is 216 cm³/mol. The molecular weight excluding hydrogens is 627 g/mol. The van der Waals surface area contributed by atoms with E-state index in [1.165, 1.54) is 107 Å². The van der Waals surface area contributed by atoms with Crippen LogP contribution in [0.2, 0.25) is 51.9 Å². The molecule has 0 aliphatic heterocycles. The summed E-state index contributed by atoms with van der Waals surface area (Å²) in [5, 5.41) is 0. The van der Waals surface area contributed by atoms with Crippen molar-refractivity contribution in [3.8, 4) is 0 Å². The molecule has 0 saturated carbocycles. The molecule has 4 nitrogen and oxygen atoms in total. The average molecular weight is 709 g/mol. The van der Waals surface area contributed by atoms with Gasteiger partial charge in [0.2, 0.25) is 0 Å². The summed E-state index contributed by atoms with van der Waals surface area (Å²) in [6.07, 6.45) is 22.1. The van der Waals surface area contributed by atoms with Gasteiger partial charge in [0.25, 0.3) is 0 Å². The van der Waals surface area contributed by atoms with Gasteiger partial charge in [0, 0.05) is 17.6 Å². The summed E-state index contributed by atoms with van der Waals surface area (Å²) in [4.78, 5) is 0. The van der Waals surface area contributed by atoms with Crippen LogP contribution in [0.4, 0.5) is 0 Å². The number of nitrogens with zero attached hydrogens (tertiary/aromatic N) is 1. The summed E-state index contributed by atoms with van der Waals surface area (Å²) in [5.74, 6) is 0. The van der Waals surface area contributed by atoms with Crippen molar-refractivity contribution < 1.29 is 17.5 Å². The van der Waals surface area contributed by atoms with Crippen LogP contribution in [-0.4, -0.2) is 63.5 Å². The van der Waals surface area contributed by atoms with Crippen LogP contribution in [0.3, 0.4) is 0 Å². The molecule has 1 aromatic carbocycles. The van der Waals surface area contributed by atoms with E-state index in [4.69, 9.17) is 13.0 Å². The summed E-state index contributed by atoms with van der Waals surface area (Å²) < 4.78 is 20.6. The molecule has 0 aromatic heterocycles. The van der Waals surface area contributed by atoms with E-state index < -0.39 is 25.2 Å². The fourth-order valence-corrected chi connectivity index (χ4v) is 19.9. The maximum atomic E-state index is 6.67. The van der Waals surface area contributed by atoms with Gasteiger partial charge in [0.15, 0.2) is 16.6 Å². The highest BCUT2D eigenvalue weighted by atomic mass is 28.5. The Morgan fingerprint density at radius 1 is 0.596 bits per heavy atom. The Morgan fingerprint density at radius 3 is 1.47 bits per heavy atom. The molecule has 0 saturated heterocycles. The third kappa shape index (κ3) is 25.3. The molecule has 0 atom stereocenters. The van der Waals surface area contributed by atoms with Gasteiger partial charge >= 0.3 is 8.56 Å². The Labute approximate surface area is 298 Å². The van der Waals surface area contributed by atoms with Gasteiger partial charge in [-0.3, -0.25) is 0 Å². The van der Waals surface area contributed by atoms with E-state index in [-0.39, 0.29) is 5.41 Å². The topological polar surface area (TPSA) is 27.7 Å².